The van der Waals surface area contributed by atoms with E-state index >= 15 is 0 Å². The highest BCUT2D eigenvalue weighted by molar-refractivity contribution is 6.00. The van der Waals surface area contributed by atoms with Crippen molar-refractivity contribution in [1.29, 1.82) is 0 Å². The van der Waals surface area contributed by atoms with Crippen LogP contribution in [0.15, 0.2) is 48.5 Å². The lowest BCUT2D eigenvalue weighted by Gasteiger charge is -2.13. The van der Waals surface area contributed by atoms with Crippen LogP contribution < -0.4 is 16.0 Å². The van der Waals surface area contributed by atoms with Crippen molar-refractivity contribution in [2.75, 3.05) is 22.6 Å². The number of hydrogen-bond donors (Lipinski definition) is 3. The van der Waals surface area contributed by atoms with Gasteiger partial charge in [-0.15, -0.1) is 0 Å². The second-order valence-electron chi connectivity index (χ2n) is 6.09. The number of urea groups is 1. The first kappa shape index (κ1) is 18.3. The minimum absolute atomic E-state index is 0.265. The Balaban J connectivity index is 1.98. The maximum absolute atomic E-state index is 12.0. The summed E-state index contributed by atoms with van der Waals surface area (Å²) in [5.41, 5.74) is 2.72. The molecule has 6 heteroatoms. The third kappa shape index (κ3) is 6.18. The fourth-order valence-corrected chi connectivity index (χ4v) is 2.04. The molecule has 0 radical (unpaired) electrons. The molecule has 2 aromatic carbocycles. The second kappa shape index (κ2) is 8.73. The first-order chi connectivity index (χ1) is 11.9. The highest BCUT2D eigenvalue weighted by Gasteiger charge is 2.09. The normalized spacial score (nSPS) is 10.2. The average molecular weight is 341 g/mol. The van der Waals surface area contributed by atoms with Gasteiger partial charge in [0.2, 0.25) is 0 Å². The van der Waals surface area contributed by atoms with Gasteiger partial charge in [0.25, 0.3) is 0 Å². The summed E-state index contributed by atoms with van der Waals surface area (Å²) >= 11 is 0. The summed E-state index contributed by atoms with van der Waals surface area (Å²) in [4.78, 5) is 23.9. The van der Waals surface area contributed by atoms with Gasteiger partial charge in [0.05, 0.1) is 6.61 Å². The number of aryl methyl sites for hydroxylation is 1. The average Bonchev–Trinajstić information content (AvgIpc) is 2.57. The van der Waals surface area contributed by atoms with E-state index in [1.165, 1.54) is 0 Å². The zero-order valence-corrected chi connectivity index (χ0v) is 14.6. The number of rotatable bonds is 5. The summed E-state index contributed by atoms with van der Waals surface area (Å²) in [7, 11) is 0. The highest BCUT2D eigenvalue weighted by Crippen LogP contribution is 2.21. The molecule has 0 aromatic heterocycles. The molecule has 0 saturated carbocycles. The Morgan fingerprint density at radius 2 is 1.64 bits per heavy atom. The maximum atomic E-state index is 12.0. The molecule has 25 heavy (non-hydrogen) atoms. The topological polar surface area (TPSA) is 79.5 Å². The second-order valence-corrected chi connectivity index (χ2v) is 6.09. The van der Waals surface area contributed by atoms with Crippen LogP contribution in [0.2, 0.25) is 0 Å². The van der Waals surface area contributed by atoms with Crippen molar-refractivity contribution in [2.45, 2.75) is 20.8 Å². The van der Waals surface area contributed by atoms with Crippen LogP contribution in [0.1, 0.15) is 19.4 Å². The molecule has 0 aliphatic rings. The van der Waals surface area contributed by atoms with Crippen molar-refractivity contribution >= 4 is 29.2 Å². The molecule has 0 aliphatic carbocycles. The summed E-state index contributed by atoms with van der Waals surface area (Å²) in [5, 5.41) is 8.17. The predicted octanol–water partition coefficient (Wildman–Crippen LogP) is 4.84. The molecule has 0 heterocycles. The molecule has 6 nitrogen and oxygen atoms in total. The van der Waals surface area contributed by atoms with E-state index in [4.69, 9.17) is 4.74 Å². The molecule has 0 bridgehead atoms. The van der Waals surface area contributed by atoms with E-state index in [0.29, 0.717) is 23.7 Å². The fourth-order valence-electron chi connectivity index (χ4n) is 2.04. The summed E-state index contributed by atoms with van der Waals surface area (Å²) < 4.78 is 5.11. The highest BCUT2D eigenvalue weighted by atomic mass is 16.5. The van der Waals surface area contributed by atoms with Crippen molar-refractivity contribution in [3.63, 3.8) is 0 Å². The molecule has 0 saturated heterocycles. The molecular formula is C19H23N3O3. The lowest BCUT2D eigenvalue weighted by Crippen LogP contribution is -2.20. The van der Waals surface area contributed by atoms with Crippen molar-refractivity contribution in [3.05, 3.63) is 54.1 Å². The molecule has 0 fully saturated rings. The number of benzene rings is 2. The molecule has 0 aliphatic heterocycles. The van der Waals surface area contributed by atoms with E-state index in [1.54, 1.807) is 24.3 Å². The number of carbonyl (C=O) groups excluding carboxylic acids is 2. The Bertz CT molecular complexity index is 730. The van der Waals surface area contributed by atoms with E-state index in [2.05, 4.69) is 16.0 Å². The fraction of sp³-hybridized carbons (Fsp3) is 0.263. The molecule has 132 valence electrons. The van der Waals surface area contributed by atoms with Gasteiger partial charge >= 0.3 is 12.1 Å². The van der Waals surface area contributed by atoms with E-state index in [1.807, 2.05) is 45.0 Å². The lowest BCUT2D eigenvalue weighted by molar-refractivity contribution is 0.147. The molecule has 2 rings (SSSR count). The maximum Gasteiger partial charge on any atom is 0.411 e. The van der Waals surface area contributed by atoms with E-state index < -0.39 is 6.09 Å². The molecule has 3 N–H and O–H groups in total. The molecule has 2 aromatic rings. The first-order valence-corrected chi connectivity index (χ1v) is 8.11. The van der Waals surface area contributed by atoms with Gasteiger partial charge in [-0.05, 0) is 42.7 Å². The van der Waals surface area contributed by atoms with Gasteiger partial charge in [-0.3, -0.25) is 5.32 Å². The van der Waals surface area contributed by atoms with Gasteiger partial charge in [0, 0.05) is 17.1 Å². The van der Waals surface area contributed by atoms with Crippen LogP contribution in [-0.4, -0.2) is 18.7 Å². The third-order valence-electron chi connectivity index (χ3n) is 3.31. The number of nitrogens with one attached hydrogen (secondary N) is 3. The largest absolute Gasteiger partial charge is 0.449 e. The minimum atomic E-state index is -0.511. The first-order valence-electron chi connectivity index (χ1n) is 8.11. The molecule has 3 amide bonds. The molecule has 0 spiro atoms. The van der Waals surface area contributed by atoms with E-state index in [9.17, 15) is 9.59 Å². The molecule has 0 atom stereocenters. The Kier molecular flexibility index (Phi) is 6.39. The smallest absolute Gasteiger partial charge is 0.411 e. The van der Waals surface area contributed by atoms with Crippen molar-refractivity contribution in [2.24, 2.45) is 5.92 Å². The van der Waals surface area contributed by atoms with E-state index in [0.717, 1.165) is 5.56 Å². The van der Waals surface area contributed by atoms with Crippen LogP contribution in [0, 0.1) is 12.8 Å². The Morgan fingerprint density at radius 1 is 0.960 bits per heavy atom. The monoisotopic (exact) mass is 341 g/mol. The summed E-state index contributed by atoms with van der Waals surface area (Å²) in [6.45, 7) is 6.15. The van der Waals surface area contributed by atoms with Crippen LogP contribution in [0.4, 0.5) is 26.7 Å². The number of amides is 3. The van der Waals surface area contributed by atoms with Crippen LogP contribution >= 0.6 is 0 Å². The minimum Gasteiger partial charge on any atom is -0.449 e. The quantitative estimate of drug-likeness (QED) is 0.728. The van der Waals surface area contributed by atoms with Gasteiger partial charge in [-0.25, -0.2) is 9.59 Å². The van der Waals surface area contributed by atoms with Crippen LogP contribution in [-0.2, 0) is 4.74 Å². The van der Waals surface area contributed by atoms with Gasteiger partial charge < -0.3 is 15.4 Å². The summed E-state index contributed by atoms with van der Waals surface area (Å²) in [6.07, 6.45) is -0.511. The van der Waals surface area contributed by atoms with Crippen molar-refractivity contribution in [3.8, 4) is 0 Å². The number of para-hydroxylation sites is 1. The SMILES string of the molecule is Cc1ccc(NC(=O)Nc2ccccc2)cc1NC(=O)OCC(C)C. The van der Waals surface area contributed by atoms with Gasteiger partial charge in [0.1, 0.15) is 0 Å². The Morgan fingerprint density at radius 3 is 2.32 bits per heavy atom. The Hall–Kier alpha value is -3.02. The Labute approximate surface area is 147 Å². The summed E-state index contributed by atoms with van der Waals surface area (Å²) in [6, 6.07) is 14.1. The van der Waals surface area contributed by atoms with Crippen LogP contribution in [0.25, 0.3) is 0 Å². The van der Waals surface area contributed by atoms with Crippen LogP contribution in [0.5, 0.6) is 0 Å². The number of anilines is 3. The third-order valence-corrected chi connectivity index (χ3v) is 3.31. The summed E-state index contributed by atoms with van der Waals surface area (Å²) in [5.74, 6) is 0.265. The lowest BCUT2D eigenvalue weighted by atomic mass is 10.2. The standard InChI is InChI=1S/C19H23N3O3/c1-13(2)12-25-19(24)22-17-11-16(10-9-14(17)3)21-18(23)20-15-7-5-4-6-8-15/h4-11,13H,12H2,1-3H3,(H,22,24)(H2,20,21,23). The predicted molar refractivity (Wildman–Crippen MR) is 100 cm³/mol. The zero-order chi connectivity index (χ0) is 18.2. The molecule has 0 unspecified atom stereocenters. The number of carbonyl (C=O) groups is 2. The van der Waals surface area contributed by atoms with Gasteiger partial charge in [-0.2, -0.15) is 0 Å². The molecular weight excluding hydrogens is 318 g/mol. The van der Waals surface area contributed by atoms with E-state index in [-0.39, 0.29) is 11.9 Å². The number of ether oxygens (including phenoxy) is 1. The zero-order valence-electron chi connectivity index (χ0n) is 14.6. The van der Waals surface area contributed by atoms with Crippen molar-refractivity contribution in [1.82, 2.24) is 0 Å². The van der Waals surface area contributed by atoms with Crippen molar-refractivity contribution < 1.29 is 14.3 Å². The van der Waals surface area contributed by atoms with Gasteiger partial charge in [-0.1, -0.05) is 38.1 Å². The van der Waals surface area contributed by atoms with Gasteiger partial charge in [0.15, 0.2) is 0 Å². The van der Waals surface area contributed by atoms with Crippen LogP contribution in [0.3, 0.4) is 0 Å². The number of hydrogen-bond acceptors (Lipinski definition) is 3.